The Balaban J connectivity index is 1.85. The fourth-order valence-corrected chi connectivity index (χ4v) is 2.75. The quantitative estimate of drug-likeness (QED) is 0.876. The van der Waals surface area contributed by atoms with Crippen LogP contribution in [-0.2, 0) is 0 Å². The highest BCUT2D eigenvalue weighted by molar-refractivity contribution is 5.48. The maximum atomic E-state index is 3.39. The van der Waals surface area contributed by atoms with Crippen LogP contribution in [-0.4, -0.2) is 50.7 Å². The molecule has 0 amide bonds. The summed E-state index contributed by atoms with van der Waals surface area (Å²) in [5.41, 5.74) is 2.72. The van der Waals surface area contributed by atoms with Gasteiger partial charge in [-0.05, 0) is 38.1 Å². The number of likely N-dealkylation sites (N-methyl/N-ethyl adjacent to an activating group) is 1. The molecule has 0 saturated carbocycles. The second-order valence-electron chi connectivity index (χ2n) is 5.52. The summed E-state index contributed by atoms with van der Waals surface area (Å²) in [6.45, 7) is 10.2. The molecule has 1 saturated heterocycles. The Morgan fingerprint density at radius 2 is 1.95 bits per heavy atom. The molecule has 0 bridgehead atoms. The van der Waals surface area contributed by atoms with Crippen LogP contribution >= 0.6 is 0 Å². The molecule has 1 aromatic rings. The molecule has 1 aromatic carbocycles. The lowest BCUT2D eigenvalue weighted by Crippen LogP contribution is -2.50. The molecular weight excluding hydrogens is 234 g/mol. The van der Waals surface area contributed by atoms with Gasteiger partial charge in [-0.15, -0.1) is 0 Å². The monoisotopic (exact) mass is 261 g/mol. The lowest BCUT2D eigenvalue weighted by molar-refractivity contribution is 0.230. The van der Waals surface area contributed by atoms with E-state index < -0.39 is 0 Å². The van der Waals surface area contributed by atoms with Crippen LogP contribution in [0.5, 0.6) is 0 Å². The molecule has 1 unspecified atom stereocenters. The van der Waals surface area contributed by atoms with Gasteiger partial charge < -0.3 is 10.2 Å². The van der Waals surface area contributed by atoms with E-state index in [1.165, 1.54) is 37.3 Å². The third-order valence-electron chi connectivity index (χ3n) is 4.12. The number of hydrogen-bond acceptors (Lipinski definition) is 3. The zero-order chi connectivity index (χ0) is 13.7. The molecule has 1 aliphatic heterocycles. The Hall–Kier alpha value is -1.06. The molecule has 0 spiro atoms. The average Bonchev–Trinajstić information content (AvgIpc) is 2.45. The van der Waals surface area contributed by atoms with Crippen molar-refractivity contribution >= 4 is 5.69 Å². The van der Waals surface area contributed by atoms with Gasteiger partial charge in [0, 0.05) is 44.5 Å². The van der Waals surface area contributed by atoms with Crippen LogP contribution in [0.2, 0.25) is 0 Å². The number of aryl methyl sites for hydroxylation is 1. The summed E-state index contributed by atoms with van der Waals surface area (Å²) in [5, 5.41) is 3.39. The summed E-state index contributed by atoms with van der Waals surface area (Å²) < 4.78 is 0. The number of anilines is 1. The Bertz CT molecular complexity index is 379. The standard InChI is InChI=1S/C16H27N3/c1-4-15(17-3)13-18-8-10-19(11-9-18)16-7-5-6-14(2)12-16/h5-7,12,15,17H,4,8-11,13H2,1-3H3. The SMILES string of the molecule is CCC(CN1CCN(c2cccc(C)c2)CC1)NC. The smallest absolute Gasteiger partial charge is 0.0369 e. The van der Waals surface area contributed by atoms with E-state index in [0.717, 1.165) is 13.1 Å². The van der Waals surface area contributed by atoms with Gasteiger partial charge in [0.25, 0.3) is 0 Å². The van der Waals surface area contributed by atoms with Crippen molar-refractivity contribution in [3.05, 3.63) is 29.8 Å². The van der Waals surface area contributed by atoms with Gasteiger partial charge in [0.15, 0.2) is 0 Å². The number of nitrogens with zero attached hydrogens (tertiary/aromatic N) is 2. The van der Waals surface area contributed by atoms with Gasteiger partial charge in [-0.3, -0.25) is 4.90 Å². The minimum Gasteiger partial charge on any atom is -0.369 e. The predicted molar refractivity (Wildman–Crippen MR) is 83.0 cm³/mol. The van der Waals surface area contributed by atoms with E-state index in [1.807, 2.05) is 0 Å². The van der Waals surface area contributed by atoms with Gasteiger partial charge in [0.05, 0.1) is 0 Å². The minimum atomic E-state index is 0.630. The molecule has 0 aromatic heterocycles. The van der Waals surface area contributed by atoms with Crippen LogP contribution in [0.15, 0.2) is 24.3 Å². The van der Waals surface area contributed by atoms with Crippen LogP contribution < -0.4 is 10.2 Å². The fourth-order valence-electron chi connectivity index (χ4n) is 2.75. The Kier molecular flexibility index (Phi) is 5.23. The first-order valence-electron chi connectivity index (χ1n) is 7.44. The van der Waals surface area contributed by atoms with Gasteiger partial charge in [-0.25, -0.2) is 0 Å². The van der Waals surface area contributed by atoms with E-state index in [0.29, 0.717) is 6.04 Å². The zero-order valence-corrected chi connectivity index (χ0v) is 12.5. The molecule has 1 heterocycles. The first kappa shape index (κ1) is 14.4. The van der Waals surface area contributed by atoms with Crippen LogP contribution in [0, 0.1) is 6.92 Å². The highest BCUT2D eigenvalue weighted by Gasteiger charge is 2.19. The number of rotatable bonds is 5. The van der Waals surface area contributed by atoms with Crippen LogP contribution in [0.4, 0.5) is 5.69 Å². The van der Waals surface area contributed by atoms with Crippen molar-refractivity contribution < 1.29 is 0 Å². The Morgan fingerprint density at radius 1 is 1.21 bits per heavy atom. The van der Waals surface area contributed by atoms with Crippen molar-refractivity contribution in [2.75, 3.05) is 44.7 Å². The van der Waals surface area contributed by atoms with E-state index in [1.54, 1.807) is 0 Å². The van der Waals surface area contributed by atoms with Crippen molar-refractivity contribution in [3.63, 3.8) is 0 Å². The number of benzene rings is 1. The van der Waals surface area contributed by atoms with Gasteiger partial charge in [-0.1, -0.05) is 19.1 Å². The molecule has 19 heavy (non-hydrogen) atoms. The molecule has 106 valence electrons. The average molecular weight is 261 g/mol. The third kappa shape index (κ3) is 3.95. The van der Waals surface area contributed by atoms with Crippen LogP contribution in [0.3, 0.4) is 0 Å². The van der Waals surface area contributed by atoms with E-state index in [2.05, 4.69) is 60.3 Å². The first-order valence-corrected chi connectivity index (χ1v) is 7.44. The van der Waals surface area contributed by atoms with Crippen molar-refractivity contribution in [2.24, 2.45) is 0 Å². The van der Waals surface area contributed by atoms with Crippen molar-refractivity contribution in [1.29, 1.82) is 0 Å². The molecule has 3 nitrogen and oxygen atoms in total. The summed E-state index contributed by atoms with van der Waals surface area (Å²) in [6, 6.07) is 9.47. The van der Waals surface area contributed by atoms with Crippen molar-refractivity contribution in [3.8, 4) is 0 Å². The zero-order valence-electron chi connectivity index (χ0n) is 12.5. The topological polar surface area (TPSA) is 18.5 Å². The Morgan fingerprint density at radius 3 is 2.53 bits per heavy atom. The Labute approximate surface area is 117 Å². The number of hydrogen-bond donors (Lipinski definition) is 1. The predicted octanol–water partition coefficient (Wildman–Crippen LogP) is 2.12. The fraction of sp³-hybridized carbons (Fsp3) is 0.625. The summed E-state index contributed by atoms with van der Waals surface area (Å²) in [5.74, 6) is 0. The first-order chi connectivity index (χ1) is 9.22. The second-order valence-corrected chi connectivity index (χ2v) is 5.52. The van der Waals surface area contributed by atoms with Gasteiger partial charge in [0.1, 0.15) is 0 Å². The molecule has 1 N–H and O–H groups in total. The second kappa shape index (κ2) is 6.92. The summed E-state index contributed by atoms with van der Waals surface area (Å²) in [6.07, 6.45) is 1.20. The molecule has 0 aliphatic carbocycles. The van der Waals surface area contributed by atoms with Gasteiger partial charge in [0.2, 0.25) is 0 Å². The molecule has 3 heteroatoms. The largest absolute Gasteiger partial charge is 0.369 e. The summed E-state index contributed by atoms with van der Waals surface area (Å²) in [7, 11) is 2.07. The maximum absolute atomic E-state index is 3.39. The van der Waals surface area contributed by atoms with Gasteiger partial charge >= 0.3 is 0 Å². The highest BCUT2D eigenvalue weighted by atomic mass is 15.3. The summed E-state index contributed by atoms with van der Waals surface area (Å²) >= 11 is 0. The van der Waals surface area contributed by atoms with Crippen molar-refractivity contribution in [2.45, 2.75) is 26.3 Å². The normalized spacial score (nSPS) is 18.6. The van der Waals surface area contributed by atoms with Crippen LogP contribution in [0.1, 0.15) is 18.9 Å². The van der Waals surface area contributed by atoms with Crippen molar-refractivity contribution in [1.82, 2.24) is 10.2 Å². The molecule has 2 rings (SSSR count). The molecule has 1 atom stereocenters. The van der Waals surface area contributed by atoms with E-state index in [4.69, 9.17) is 0 Å². The molecule has 1 fully saturated rings. The number of nitrogens with one attached hydrogen (secondary N) is 1. The third-order valence-corrected chi connectivity index (χ3v) is 4.12. The molecule has 1 aliphatic rings. The van der Waals surface area contributed by atoms with E-state index >= 15 is 0 Å². The highest BCUT2D eigenvalue weighted by Crippen LogP contribution is 2.17. The molecule has 0 radical (unpaired) electrons. The summed E-state index contributed by atoms with van der Waals surface area (Å²) in [4.78, 5) is 5.08. The lowest BCUT2D eigenvalue weighted by atomic mass is 10.1. The van der Waals surface area contributed by atoms with E-state index in [-0.39, 0.29) is 0 Å². The van der Waals surface area contributed by atoms with Gasteiger partial charge in [-0.2, -0.15) is 0 Å². The number of piperazine rings is 1. The van der Waals surface area contributed by atoms with E-state index in [9.17, 15) is 0 Å². The lowest BCUT2D eigenvalue weighted by Gasteiger charge is -2.37. The maximum Gasteiger partial charge on any atom is 0.0369 e. The minimum absolute atomic E-state index is 0.630. The molecular formula is C16H27N3. The van der Waals surface area contributed by atoms with Crippen LogP contribution in [0.25, 0.3) is 0 Å².